The van der Waals surface area contributed by atoms with Crippen LogP contribution in [0.2, 0.25) is 0 Å². The number of benzene rings is 1. The number of likely N-dealkylation sites (tertiary alicyclic amines) is 1. The average molecular weight is 334 g/mol. The van der Waals surface area contributed by atoms with Crippen LogP contribution >= 0.6 is 0 Å². The normalized spacial score (nSPS) is 19.7. The smallest absolute Gasteiger partial charge is 0.302 e. The van der Waals surface area contributed by atoms with E-state index in [9.17, 15) is 18.7 Å². The fourth-order valence-corrected chi connectivity index (χ4v) is 2.76. The molecular weight excluding hydrogens is 314 g/mol. The van der Waals surface area contributed by atoms with E-state index in [1.807, 2.05) is 6.07 Å². The summed E-state index contributed by atoms with van der Waals surface area (Å²) >= 11 is 0. The molecule has 1 fully saturated rings. The third-order valence-electron chi connectivity index (χ3n) is 4.11. The Hall–Kier alpha value is -2.26. The van der Waals surface area contributed by atoms with Gasteiger partial charge in [0.2, 0.25) is 5.91 Å². The number of carbonyl (C=O) groups excluding carboxylic acids is 1. The maximum absolute atomic E-state index is 14.2. The summed E-state index contributed by atoms with van der Waals surface area (Å²) in [5.74, 6) is -3.45. The number of aliphatic hydroxyl groups excluding tert-OH is 1. The lowest BCUT2D eigenvalue weighted by Gasteiger charge is -2.24. The molecule has 2 rings (SSSR count). The van der Waals surface area contributed by atoms with Gasteiger partial charge in [-0.15, -0.1) is 0 Å². The number of carbonyl (C=O) groups is 1. The third kappa shape index (κ3) is 4.18. The summed E-state index contributed by atoms with van der Waals surface area (Å²) in [6, 6.07) is 8.86. The molecule has 0 radical (unpaired) electrons. The molecule has 1 unspecified atom stereocenters. The first-order valence-corrected chi connectivity index (χ1v) is 7.93. The van der Waals surface area contributed by atoms with Crippen LogP contribution in [0.25, 0.3) is 0 Å². The van der Waals surface area contributed by atoms with Crippen molar-refractivity contribution in [2.75, 3.05) is 6.54 Å². The van der Waals surface area contributed by atoms with Gasteiger partial charge >= 0.3 is 5.92 Å². The van der Waals surface area contributed by atoms with E-state index >= 15 is 0 Å². The third-order valence-corrected chi connectivity index (χ3v) is 4.11. The number of nitrogens with zero attached hydrogens (tertiary/aromatic N) is 2. The molecule has 1 amide bonds. The lowest BCUT2D eigenvalue weighted by atomic mass is 10.0. The van der Waals surface area contributed by atoms with Crippen LogP contribution in [-0.4, -0.2) is 34.6 Å². The molecule has 2 atom stereocenters. The van der Waals surface area contributed by atoms with Crippen LogP contribution in [0.5, 0.6) is 0 Å². The zero-order valence-corrected chi connectivity index (χ0v) is 13.2. The van der Waals surface area contributed by atoms with Gasteiger partial charge in [0.05, 0.1) is 12.1 Å². The van der Waals surface area contributed by atoms with E-state index in [2.05, 4.69) is 0 Å². The summed E-state index contributed by atoms with van der Waals surface area (Å²) in [5, 5.41) is 18.4. The van der Waals surface area contributed by atoms with Crippen molar-refractivity contribution in [3.63, 3.8) is 0 Å². The fourth-order valence-electron chi connectivity index (χ4n) is 2.76. The van der Waals surface area contributed by atoms with Gasteiger partial charge in [0.15, 0.2) is 0 Å². The van der Waals surface area contributed by atoms with Crippen molar-refractivity contribution in [2.45, 2.75) is 43.8 Å². The number of alkyl halides is 2. The maximum atomic E-state index is 14.2. The number of nitriles is 1. The number of hydrogen-bond acceptors (Lipinski definition) is 3. The second kappa shape index (κ2) is 8.02. The summed E-state index contributed by atoms with van der Waals surface area (Å²) in [5.41, 5.74) is -0.254. The fraction of sp³-hybridized carbons (Fsp3) is 0.444. The highest BCUT2D eigenvalue weighted by atomic mass is 19.3. The number of hydrogen-bond donors (Lipinski definition) is 1. The van der Waals surface area contributed by atoms with E-state index < -0.39 is 12.0 Å². The zero-order valence-electron chi connectivity index (χ0n) is 13.2. The average Bonchev–Trinajstić information content (AvgIpc) is 2.94. The monoisotopic (exact) mass is 334 g/mol. The summed E-state index contributed by atoms with van der Waals surface area (Å²) in [6.45, 7) is 0.423. The van der Waals surface area contributed by atoms with E-state index in [4.69, 9.17) is 5.26 Å². The van der Waals surface area contributed by atoms with Crippen LogP contribution in [0.4, 0.5) is 8.78 Å². The lowest BCUT2D eigenvalue weighted by molar-refractivity contribution is -0.128. The first-order chi connectivity index (χ1) is 11.5. The zero-order chi connectivity index (χ0) is 17.6. The number of amides is 1. The molecule has 0 bridgehead atoms. The molecule has 1 aliphatic rings. The predicted molar refractivity (Wildman–Crippen MR) is 85.1 cm³/mol. The molecule has 1 N–H and O–H groups in total. The Morgan fingerprint density at radius 2 is 2.12 bits per heavy atom. The summed E-state index contributed by atoms with van der Waals surface area (Å²) in [6.07, 6.45) is 2.35. The minimum atomic E-state index is -3.40. The Labute approximate surface area is 140 Å². The van der Waals surface area contributed by atoms with Gasteiger partial charge < -0.3 is 10.0 Å². The van der Waals surface area contributed by atoms with Crippen LogP contribution in [0.1, 0.15) is 31.2 Å². The molecule has 6 heteroatoms. The summed E-state index contributed by atoms with van der Waals surface area (Å²) < 4.78 is 28.5. The topological polar surface area (TPSA) is 64.3 Å². The van der Waals surface area contributed by atoms with E-state index in [1.54, 1.807) is 11.0 Å². The van der Waals surface area contributed by atoms with Gasteiger partial charge in [0.1, 0.15) is 6.10 Å². The molecule has 1 aliphatic heterocycles. The van der Waals surface area contributed by atoms with Crippen molar-refractivity contribution in [3.05, 3.63) is 48.0 Å². The molecule has 4 nitrogen and oxygen atoms in total. The molecule has 1 aromatic rings. The van der Waals surface area contributed by atoms with Crippen molar-refractivity contribution < 1.29 is 18.7 Å². The second-order valence-corrected chi connectivity index (χ2v) is 5.77. The molecule has 1 saturated heterocycles. The number of halogens is 2. The van der Waals surface area contributed by atoms with E-state index in [-0.39, 0.29) is 17.5 Å². The van der Waals surface area contributed by atoms with Crippen LogP contribution < -0.4 is 0 Å². The van der Waals surface area contributed by atoms with Crippen LogP contribution in [0.15, 0.2) is 42.5 Å². The lowest BCUT2D eigenvalue weighted by Crippen LogP contribution is -2.34. The molecule has 1 aromatic carbocycles. The van der Waals surface area contributed by atoms with Gasteiger partial charge in [0, 0.05) is 24.9 Å². The van der Waals surface area contributed by atoms with Gasteiger partial charge in [-0.3, -0.25) is 4.79 Å². The molecule has 128 valence electrons. The van der Waals surface area contributed by atoms with E-state index in [0.29, 0.717) is 32.2 Å². The molecule has 24 heavy (non-hydrogen) atoms. The number of rotatable bonds is 7. The van der Waals surface area contributed by atoms with Gasteiger partial charge in [-0.1, -0.05) is 42.5 Å². The quantitative estimate of drug-likeness (QED) is 0.616. The molecule has 0 saturated carbocycles. The van der Waals surface area contributed by atoms with Gasteiger partial charge in [-0.2, -0.15) is 14.0 Å². The molecule has 0 spiro atoms. The highest BCUT2D eigenvalue weighted by Crippen LogP contribution is 2.32. The number of aliphatic hydroxyl groups is 1. The molecule has 0 aliphatic carbocycles. The standard InChI is InChI=1S/C18H20F2N2O2/c19-18(20,14-6-2-1-3-7-14)16(23)10-8-15-9-11-17(24)22(15)13-5-4-12-21/h1-3,6-8,10,15-16,23H,4-5,9,11,13H2/b10-8+/t15-,16?/m0/s1. The SMILES string of the molecule is N#CCCCN1C(=O)CC[C@@H]1/C=C/C(O)C(F)(F)c1ccccc1. The minimum absolute atomic E-state index is 0.0492. The van der Waals surface area contributed by atoms with Gasteiger partial charge in [-0.05, 0) is 12.8 Å². The minimum Gasteiger partial charge on any atom is -0.382 e. The molecular formula is C18H20F2N2O2. The van der Waals surface area contributed by atoms with Crippen molar-refractivity contribution in [2.24, 2.45) is 0 Å². The summed E-state index contributed by atoms with van der Waals surface area (Å²) in [7, 11) is 0. The van der Waals surface area contributed by atoms with Crippen LogP contribution in [0.3, 0.4) is 0 Å². The molecule has 0 aromatic heterocycles. The first kappa shape index (κ1) is 18.1. The van der Waals surface area contributed by atoms with E-state index in [0.717, 1.165) is 6.08 Å². The van der Waals surface area contributed by atoms with Gasteiger partial charge in [0.25, 0.3) is 0 Å². The van der Waals surface area contributed by atoms with Crippen molar-refractivity contribution in [1.82, 2.24) is 4.90 Å². The van der Waals surface area contributed by atoms with Crippen LogP contribution in [0, 0.1) is 11.3 Å². The van der Waals surface area contributed by atoms with Crippen molar-refractivity contribution >= 4 is 5.91 Å². The highest BCUT2D eigenvalue weighted by Gasteiger charge is 2.39. The van der Waals surface area contributed by atoms with E-state index in [1.165, 1.54) is 30.3 Å². The Bertz CT molecular complexity index is 626. The Morgan fingerprint density at radius 1 is 1.42 bits per heavy atom. The van der Waals surface area contributed by atoms with Gasteiger partial charge in [-0.25, -0.2) is 0 Å². The Morgan fingerprint density at radius 3 is 2.79 bits per heavy atom. The van der Waals surface area contributed by atoms with Crippen LogP contribution in [-0.2, 0) is 10.7 Å². The number of unbranched alkanes of at least 4 members (excludes halogenated alkanes) is 1. The first-order valence-electron chi connectivity index (χ1n) is 7.93. The highest BCUT2D eigenvalue weighted by molar-refractivity contribution is 5.79. The Balaban J connectivity index is 2.03. The van der Waals surface area contributed by atoms with Crippen molar-refractivity contribution in [1.29, 1.82) is 5.26 Å². The van der Waals surface area contributed by atoms with Crippen molar-refractivity contribution in [3.8, 4) is 6.07 Å². The maximum Gasteiger partial charge on any atom is 0.302 e. The Kier molecular flexibility index (Phi) is 6.04. The molecule has 1 heterocycles. The largest absolute Gasteiger partial charge is 0.382 e. The predicted octanol–water partition coefficient (Wildman–Crippen LogP) is 2.99. The second-order valence-electron chi connectivity index (χ2n) is 5.77. The summed E-state index contributed by atoms with van der Waals surface area (Å²) in [4.78, 5) is 13.4.